The Morgan fingerprint density at radius 1 is 1.29 bits per heavy atom. The fourth-order valence-corrected chi connectivity index (χ4v) is 3.51. The second-order valence-electron chi connectivity index (χ2n) is 6.78. The monoisotopic (exact) mass is 300 g/mol. The van der Waals surface area contributed by atoms with Crippen LogP contribution < -0.4 is 10.6 Å². The number of aliphatic hydroxyl groups is 1. The van der Waals surface area contributed by atoms with Gasteiger partial charge in [-0.25, -0.2) is 0 Å². The van der Waals surface area contributed by atoms with Crippen LogP contribution in [0, 0.1) is 17.8 Å². The SMILES string of the molecule is CNC(O)C(NC(C)=O)C(C)OCC1CC(C)CC(C)C1. The lowest BCUT2D eigenvalue weighted by atomic mass is 9.77. The van der Waals surface area contributed by atoms with E-state index in [1.807, 2.05) is 6.92 Å². The molecule has 1 fully saturated rings. The number of nitrogens with one attached hydrogen (secondary N) is 2. The van der Waals surface area contributed by atoms with Crippen molar-refractivity contribution in [1.29, 1.82) is 0 Å². The molecular formula is C16H32N2O3. The van der Waals surface area contributed by atoms with Crippen molar-refractivity contribution in [2.75, 3.05) is 13.7 Å². The van der Waals surface area contributed by atoms with Gasteiger partial charge >= 0.3 is 0 Å². The molecular weight excluding hydrogens is 268 g/mol. The lowest BCUT2D eigenvalue weighted by molar-refractivity contribution is -0.123. The number of aliphatic hydroxyl groups excluding tert-OH is 1. The van der Waals surface area contributed by atoms with Gasteiger partial charge in [0.05, 0.1) is 12.1 Å². The maximum Gasteiger partial charge on any atom is 0.217 e. The number of hydrogen-bond acceptors (Lipinski definition) is 4. The smallest absolute Gasteiger partial charge is 0.217 e. The van der Waals surface area contributed by atoms with Gasteiger partial charge in [-0.3, -0.25) is 10.1 Å². The van der Waals surface area contributed by atoms with E-state index < -0.39 is 12.3 Å². The lowest BCUT2D eigenvalue weighted by Crippen LogP contribution is -2.54. The first kappa shape index (κ1) is 18.4. The van der Waals surface area contributed by atoms with Gasteiger partial charge in [0.2, 0.25) is 5.91 Å². The molecule has 0 heterocycles. The third-order valence-corrected chi connectivity index (χ3v) is 4.38. The molecule has 0 aliphatic heterocycles. The molecule has 0 aromatic heterocycles. The zero-order valence-corrected chi connectivity index (χ0v) is 14.1. The van der Waals surface area contributed by atoms with Gasteiger partial charge in [-0.05, 0) is 51.0 Å². The number of amides is 1. The Morgan fingerprint density at radius 2 is 1.86 bits per heavy atom. The predicted molar refractivity (Wildman–Crippen MR) is 83.8 cm³/mol. The molecule has 1 rings (SSSR count). The molecule has 5 heteroatoms. The number of carbonyl (C=O) groups excluding carboxylic acids is 1. The van der Waals surface area contributed by atoms with Crippen molar-refractivity contribution >= 4 is 5.91 Å². The minimum absolute atomic E-state index is 0.162. The van der Waals surface area contributed by atoms with Crippen LogP contribution in [0.2, 0.25) is 0 Å². The molecule has 5 nitrogen and oxygen atoms in total. The number of ether oxygens (including phenoxy) is 1. The van der Waals surface area contributed by atoms with Crippen molar-refractivity contribution in [3.05, 3.63) is 0 Å². The van der Waals surface area contributed by atoms with Gasteiger partial charge in [0.1, 0.15) is 6.23 Å². The molecule has 3 N–H and O–H groups in total. The van der Waals surface area contributed by atoms with Crippen LogP contribution in [0.3, 0.4) is 0 Å². The summed E-state index contributed by atoms with van der Waals surface area (Å²) in [5.41, 5.74) is 0. The molecule has 0 aromatic rings. The van der Waals surface area contributed by atoms with Crippen LogP contribution in [0.4, 0.5) is 0 Å². The lowest BCUT2D eigenvalue weighted by Gasteiger charge is -2.34. The highest BCUT2D eigenvalue weighted by atomic mass is 16.5. The molecule has 0 aromatic carbocycles. The van der Waals surface area contributed by atoms with E-state index in [4.69, 9.17) is 4.74 Å². The van der Waals surface area contributed by atoms with Crippen LogP contribution >= 0.6 is 0 Å². The van der Waals surface area contributed by atoms with Gasteiger partial charge in [-0.15, -0.1) is 0 Å². The average molecular weight is 300 g/mol. The van der Waals surface area contributed by atoms with Gasteiger partial charge in [-0.2, -0.15) is 0 Å². The third-order valence-electron chi connectivity index (χ3n) is 4.38. The van der Waals surface area contributed by atoms with E-state index in [-0.39, 0.29) is 12.0 Å². The Hall–Kier alpha value is -0.650. The molecule has 0 saturated heterocycles. The highest BCUT2D eigenvalue weighted by Crippen LogP contribution is 2.33. The summed E-state index contributed by atoms with van der Waals surface area (Å²) in [6.45, 7) is 8.65. The highest BCUT2D eigenvalue weighted by molar-refractivity contribution is 5.73. The van der Waals surface area contributed by atoms with Crippen molar-refractivity contribution in [2.45, 2.75) is 65.3 Å². The summed E-state index contributed by atoms with van der Waals surface area (Å²) in [5, 5.41) is 15.5. The van der Waals surface area contributed by atoms with Crippen LogP contribution in [0.5, 0.6) is 0 Å². The molecule has 0 spiro atoms. The van der Waals surface area contributed by atoms with Crippen molar-refractivity contribution in [2.24, 2.45) is 17.8 Å². The standard InChI is InChI=1S/C16H32N2O3/c1-10-6-11(2)8-14(7-10)9-21-12(3)15(16(20)17-5)18-13(4)19/h10-12,14-17,20H,6-9H2,1-5H3,(H,18,19). The van der Waals surface area contributed by atoms with E-state index in [2.05, 4.69) is 24.5 Å². The minimum Gasteiger partial charge on any atom is -0.376 e. The van der Waals surface area contributed by atoms with Crippen molar-refractivity contribution in [3.63, 3.8) is 0 Å². The van der Waals surface area contributed by atoms with E-state index in [1.165, 1.54) is 26.2 Å². The Kier molecular flexibility index (Phi) is 7.63. The van der Waals surface area contributed by atoms with Gasteiger partial charge in [0.25, 0.3) is 0 Å². The van der Waals surface area contributed by atoms with Crippen LogP contribution in [-0.2, 0) is 9.53 Å². The summed E-state index contributed by atoms with van der Waals surface area (Å²) >= 11 is 0. The first-order valence-electron chi connectivity index (χ1n) is 8.07. The molecule has 21 heavy (non-hydrogen) atoms. The van der Waals surface area contributed by atoms with E-state index in [0.717, 1.165) is 11.8 Å². The molecule has 1 aliphatic rings. The molecule has 0 radical (unpaired) electrons. The van der Waals surface area contributed by atoms with E-state index in [9.17, 15) is 9.90 Å². The summed E-state index contributed by atoms with van der Waals surface area (Å²) < 4.78 is 5.95. The maximum atomic E-state index is 11.3. The van der Waals surface area contributed by atoms with E-state index >= 15 is 0 Å². The molecule has 1 saturated carbocycles. The second kappa shape index (κ2) is 8.71. The second-order valence-corrected chi connectivity index (χ2v) is 6.78. The van der Waals surface area contributed by atoms with Crippen LogP contribution in [-0.4, -0.2) is 43.0 Å². The van der Waals surface area contributed by atoms with Gasteiger partial charge < -0.3 is 15.2 Å². The molecule has 1 aliphatic carbocycles. The van der Waals surface area contributed by atoms with Crippen molar-refractivity contribution in [3.8, 4) is 0 Å². The van der Waals surface area contributed by atoms with Crippen molar-refractivity contribution in [1.82, 2.24) is 10.6 Å². The molecule has 5 atom stereocenters. The molecule has 124 valence electrons. The molecule has 1 amide bonds. The summed E-state index contributed by atoms with van der Waals surface area (Å²) in [6, 6.07) is -0.439. The third kappa shape index (κ3) is 6.32. The Morgan fingerprint density at radius 3 is 2.33 bits per heavy atom. The zero-order chi connectivity index (χ0) is 16.0. The molecule has 0 bridgehead atoms. The summed E-state index contributed by atoms with van der Waals surface area (Å²) in [4.78, 5) is 11.3. The van der Waals surface area contributed by atoms with Crippen LogP contribution in [0.1, 0.15) is 47.0 Å². The number of carbonyl (C=O) groups is 1. The largest absolute Gasteiger partial charge is 0.376 e. The minimum atomic E-state index is -0.812. The van der Waals surface area contributed by atoms with E-state index in [1.54, 1.807) is 7.05 Å². The maximum absolute atomic E-state index is 11.3. The Bertz CT molecular complexity index is 315. The number of likely N-dealkylation sites (N-methyl/N-ethyl adjacent to an activating group) is 1. The quantitative estimate of drug-likeness (QED) is 0.623. The summed E-state index contributed by atoms with van der Waals surface area (Å²) in [6.07, 6.45) is 2.67. The summed E-state index contributed by atoms with van der Waals surface area (Å²) in [7, 11) is 1.66. The van der Waals surface area contributed by atoms with Crippen LogP contribution in [0.25, 0.3) is 0 Å². The number of rotatable bonds is 7. The first-order chi connectivity index (χ1) is 9.83. The molecule has 5 unspecified atom stereocenters. The van der Waals surface area contributed by atoms with Gasteiger partial charge in [0.15, 0.2) is 0 Å². The number of hydrogen-bond donors (Lipinski definition) is 3. The fourth-order valence-electron chi connectivity index (χ4n) is 3.51. The summed E-state index contributed by atoms with van der Waals surface area (Å²) in [5.74, 6) is 1.93. The van der Waals surface area contributed by atoms with Gasteiger partial charge in [-0.1, -0.05) is 13.8 Å². The van der Waals surface area contributed by atoms with Crippen LogP contribution in [0.15, 0.2) is 0 Å². The van der Waals surface area contributed by atoms with E-state index in [0.29, 0.717) is 12.5 Å². The fraction of sp³-hybridized carbons (Fsp3) is 0.938. The predicted octanol–water partition coefficient (Wildman–Crippen LogP) is 1.51. The Balaban J connectivity index is 2.48. The highest BCUT2D eigenvalue weighted by Gasteiger charge is 2.28. The topological polar surface area (TPSA) is 70.6 Å². The first-order valence-corrected chi connectivity index (χ1v) is 8.07. The normalized spacial score (nSPS) is 30.5. The van der Waals surface area contributed by atoms with Crippen molar-refractivity contribution < 1.29 is 14.6 Å². The van der Waals surface area contributed by atoms with Gasteiger partial charge in [0, 0.05) is 13.5 Å². The zero-order valence-electron chi connectivity index (χ0n) is 14.1. The Labute approximate surface area is 128 Å². The average Bonchev–Trinajstić information content (AvgIpc) is 2.40.